The van der Waals surface area contributed by atoms with Gasteiger partial charge in [-0.1, -0.05) is 37.8 Å². The number of ether oxygens (including phenoxy) is 1. The van der Waals surface area contributed by atoms with Crippen LogP contribution in [0.3, 0.4) is 0 Å². The Morgan fingerprint density at radius 3 is 2.25 bits per heavy atom. The molecule has 1 aliphatic heterocycles. The fourth-order valence-electron chi connectivity index (χ4n) is 2.03. The first-order chi connectivity index (χ1) is 7.50. The number of cyclic esters (lactones) is 1. The van der Waals surface area contributed by atoms with E-state index in [1.54, 1.807) is 0 Å². The van der Waals surface area contributed by atoms with Crippen LogP contribution in [0, 0.1) is 0 Å². The highest BCUT2D eigenvalue weighted by Gasteiger charge is 2.42. The minimum Gasteiger partial charge on any atom is -0.461 e. The van der Waals surface area contributed by atoms with Crippen molar-refractivity contribution < 1.29 is 9.53 Å². The molecule has 86 valence electrons. The number of hydrogen-bond donors (Lipinski definition) is 0. The minimum atomic E-state index is -1.57. The van der Waals surface area contributed by atoms with E-state index in [4.69, 9.17) is 4.74 Å². The number of rotatable bonds is 3. The zero-order chi connectivity index (χ0) is 11.8. The Bertz CT molecular complexity index is 386. The van der Waals surface area contributed by atoms with E-state index in [0.29, 0.717) is 6.61 Å². The Morgan fingerprint density at radius 1 is 1.25 bits per heavy atom. The number of hydrogen-bond acceptors (Lipinski definition) is 3. The molecule has 3 nitrogen and oxygen atoms in total. The Balaban J connectivity index is 2.32. The molecular formula is C12H17NO2Si. The van der Waals surface area contributed by atoms with Crippen molar-refractivity contribution in [2.24, 2.45) is 0 Å². The van der Waals surface area contributed by atoms with Gasteiger partial charge in [-0.05, 0) is 12.1 Å². The normalized spacial score (nSPS) is 19.9. The zero-order valence-corrected chi connectivity index (χ0v) is 10.9. The number of carbonyl (C=O) groups is 1. The van der Waals surface area contributed by atoms with Crippen LogP contribution in [0.4, 0.5) is 5.69 Å². The summed E-state index contributed by atoms with van der Waals surface area (Å²) in [5.41, 5.74) is 1.13. The lowest BCUT2D eigenvalue weighted by molar-refractivity contribution is -0.160. The molecule has 0 aromatic heterocycles. The summed E-state index contributed by atoms with van der Waals surface area (Å²) < 4.78 is 7.15. The quantitative estimate of drug-likeness (QED) is 0.594. The predicted octanol–water partition coefficient (Wildman–Crippen LogP) is 2.25. The van der Waals surface area contributed by atoms with E-state index in [-0.39, 0.29) is 12.0 Å². The highest BCUT2D eigenvalue weighted by atomic mass is 28.3. The third-order valence-electron chi connectivity index (χ3n) is 2.72. The van der Waals surface area contributed by atoms with Crippen LogP contribution < -0.4 is 4.57 Å². The molecule has 2 rings (SSSR count). The molecule has 1 fully saturated rings. The summed E-state index contributed by atoms with van der Waals surface area (Å²) in [6.45, 7) is 7.25. The smallest absolute Gasteiger partial charge is 0.331 e. The Labute approximate surface area is 97.1 Å². The van der Waals surface area contributed by atoms with Crippen molar-refractivity contribution in [3.8, 4) is 0 Å². The topological polar surface area (TPSA) is 29.5 Å². The molecule has 16 heavy (non-hydrogen) atoms. The molecule has 0 saturated carbocycles. The van der Waals surface area contributed by atoms with E-state index < -0.39 is 8.24 Å². The lowest BCUT2D eigenvalue weighted by atomic mass is 10.2. The van der Waals surface area contributed by atoms with Crippen LogP contribution in [0.5, 0.6) is 0 Å². The van der Waals surface area contributed by atoms with Crippen LogP contribution in [-0.2, 0) is 9.53 Å². The van der Waals surface area contributed by atoms with Gasteiger partial charge in [-0.25, -0.2) is 4.79 Å². The van der Waals surface area contributed by atoms with Gasteiger partial charge in [0, 0.05) is 5.69 Å². The fourth-order valence-corrected chi connectivity index (χ4v) is 4.07. The standard InChI is InChI=1S/C12H17NO2Si/c1-16(2,3)13(11-9-15-12(11)14)10-7-5-4-6-8-10/h4-8,11H,9H2,1-3H3. The molecule has 4 heteroatoms. The minimum absolute atomic E-state index is 0.0749. The van der Waals surface area contributed by atoms with Gasteiger partial charge in [0.05, 0.1) is 0 Å². The Hall–Kier alpha value is -1.29. The van der Waals surface area contributed by atoms with E-state index in [1.807, 2.05) is 18.2 Å². The van der Waals surface area contributed by atoms with Gasteiger partial charge in [0.1, 0.15) is 14.8 Å². The van der Waals surface area contributed by atoms with Crippen molar-refractivity contribution in [1.82, 2.24) is 0 Å². The molecule has 1 aliphatic rings. The van der Waals surface area contributed by atoms with Crippen molar-refractivity contribution in [3.63, 3.8) is 0 Å². The maximum Gasteiger partial charge on any atom is 0.331 e. The first-order valence-corrected chi connectivity index (χ1v) is 8.96. The number of nitrogens with zero attached hydrogens (tertiary/aromatic N) is 1. The van der Waals surface area contributed by atoms with Crippen LogP contribution in [0.25, 0.3) is 0 Å². The molecule has 1 saturated heterocycles. The lowest BCUT2D eigenvalue weighted by Gasteiger charge is -2.44. The molecule has 1 heterocycles. The summed E-state index contributed by atoms with van der Waals surface area (Å²) in [6.07, 6.45) is 0. The molecule has 0 amide bonds. The second kappa shape index (κ2) is 3.94. The van der Waals surface area contributed by atoms with Gasteiger partial charge in [-0.3, -0.25) is 0 Å². The van der Waals surface area contributed by atoms with E-state index in [1.165, 1.54) is 0 Å². The molecule has 1 atom stereocenters. The molecule has 1 aromatic rings. The van der Waals surface area contributed by atoms with Gasteiger partial charge in [-0.15, -0.1) is 0 Å². The SMILES string of the molecule is C[Si](C)(C)N(c1ccccc1)C1COC1=O. The van der Waals surface area contributed by atoms with E-state index >= 15 is 0 Å². The van der Waals surface area contributed by atoms with Crippen LogP contribution in [0.15, 0.2) is 30.3 Å². The van der Waals surface area contributed by atoms with Gasteiger partial charge >= 0.3 is 5.97 Å². The van der Waals surface area contributed by atoms with Gasteiger partial charge < -0.3 is 9.30 Å². The van der Waals surface area contributed by atoms with E-state index in [9.17, 15) is 4.79 Å². The van der Waals surface area contributed by atoms with Crippen molar-refractivity contribution in [2.45, 2.75) is 25.7 Å². The number of carbonyl (C=O) groups excluding carboxylic acids is 1. The maximum absolute atomic E-state index is 11.5. The van der Waals surface area contributed by atoms with Crippen molar-refractivity contribution in [2.75, 3.05) is 11.2 Å². The maximum atomic E-state index is 11.5. The largest absolute Gasteiger partial charge is 0.461 e. The average molecular weight is 235 g/mol. The van der Waals surface area contributed by atoms with Crippen molar-refractivity contribution in [3.05, 3.63) is 30.3 Å². The van der Waals surface area contributed by atoms with Gasteiger partial charge in [0.25, 0.3) is 0 Å². The van der Waals surface area contributed by atoms with Crippen LogP contribution in [0.1, 0.15) is 0 Å². The molecule has 0 aliphatic carbocycles. The number of benzene rings is 1. The monoisotopic (exact) mass is 235 g/mol. The lowest BCUT2D eigenvalue weighted by Crippen LogP contribution is -2.62. The summed E-state index contributed by atoms with van der Waals surface area (Å²) >= 11 is 0. The molecular weight excluding hydrogens is 218 g/mol. The van der Waals surface area contributed by atoms with Crippen molar-refractivity contribution in [1.29, 1.82) is 0 Å². The predicted molar refractivity (Wildman–Crippen MR) is 67.0 cm³/mol. The van der Waals surface area contributed by atoms with Gasteiger partial charge in [0.15, 0.2) is 6.04 Å². The molecule has 1 aromatic carbocycles. The van der Waals surface area contributed by atoms with Crippen LogP contribution >= 0.6 is 0 Å². The Kier molecular flexibility index (Phi) is 2.76. The van der Waals surface area contributed by atoms with Gasteiger partial charge in [0.2, 0.25) is 0 Å². The van der Waals surface area contributed by atoms with Gasteiger partial charge in [-0.2, -0.15) is 0 Å². The zero-order valence-electron chi connectivity index (χ0n) is 9.93. The Morgan fingerprint density at radius 2 is 1.88 bits per heavy atom. The number of anilines is 1. The summed E-state index contributed by atoms with van der Waals surface area (Å²) in [5.74, 6) is -0.0914. The fraction of sp³-hybridized carbons (Fsp3) is 0.417. The first kappa shape index (κ1) is 11.2. The summed E-state index contributed by atoms with van der Waals surface area (Å²) in [5, 5.41) is 0. The summed E-state index contributed by atoms with van der Waals surface area (Å²) in [6, 6.07) is 10.0. The average Bonchev–Trinajstić information content (AvgIpc) is 2.23. The van der Waals surface area contributed by atoms with Crippen LogP contribution in [-0.4, -0.2) is 26.9 Å². The van der Waals surface area contributed by atoms with E-state index in [0.717, 1.165) is 5.69 Å². The van der Waals surface area contributed by atoms with Crippen LogP contribution in [0.2, 0.25) is 19.6 Å². The summed E-state index contributed by atoms with van der Waals surface area (Å²) in [4.78, 5) is 11.5. The molecule has 0 radical (unpaired) electrons. The third kappa shape index (κ3) is 1.97. The number of para-hydroxylation sites is 1. The second-order valence-corrected chi connectivity index (χ2v) is 9.85. The molecule has 0 N–H and O–H groups in total. The highest BCUT2D eigenvalue weighted by Crippen LogP contribution is 2.27. The molecule has 1 unspecified atom stereocenters. The molecule has 0 bridgehead atoms. The van der Waals surface area contributed by atoms with E-state index in [2.05, 4.69) is 36.3 Å². The summed E-state index contributed by atoms with van der Waals surface area (Å²) in [7, 11) is -1.57. The third-order valence-corrected chi connectivity index (χ3v) is 4.74. The second-order valence-electron chi connectivity index (χ2n) is 5.02. The molecule has 0 spiro atoms. The first-order valence-electron chi connectivity index (χ1n) is 5.51. The van der Waals surface area contributed by atoms with Crippen molar-refractivity contribution >= 4 is 19.9 Å². The number of esters is 1. The highest BCUT2D eigenvalue weighted by molar-refractivity contribution is 6.80.